The van der Waals surface area contributed by atoms with Crippen molar-refractivity contribution in [2.45, 2.75) is 69.7 Å². The summed E-state index contributed by atoms with van der Waals surface area (Å²) in [5.41, 5.74) is 1.63. The third-order valence-corrected chi connectivity index (χ3v) is 7.80. The zero-order valence-corrected chi connectivity index (χ0v) is 23.8. The van der Waals surface area contributed by atoms with E-state index < -0.39 is 17.7 Å². The number of rotatable bonds is 10. The molecule has 1 saturated carbocycles. The first kappa shape index (κ1) is 29.2. The lowest BCUT2D eigenvalue weighted by atomic mass is 9.83. The minimum atomic E-state index is -0.715. The van der Waals surface area contributed by atoms with Gasteiger partial charge in [0.15, 0.2) is 0 Å². The maximum absolute atomic E-state index is 13.3. The Morgan fingerprint density at radius 1 is 1.13 bits per heavy atom. The molecule has 11 heteroatoms. The van der Waals surface area contributed by atoms with Crippen LogP contribution in [0.2, 0.25) is 0 Å². The Hall–Kier alpha value is -2.76. The van der Waals surface area contributed by atoms with Gasteiger partial charge in [0.2, 0.25) is 17.7 Å². The molecular formula is C28H39N5O5S. The predicted molar refractivity (Wildman–Crippen MR) is 147 cm³/mol. The maximum atomic E-state index is 13.3. The van der Waals surface area contributed by atoms with Crippen LogP contribution in [0.5, 0.6) is 0 Å². The first-order valence-electron chi connectivity index (χ1n) is 13.8. The van der Waals surface area contributed by atoms with Gasteiger partial charge in [-0.1, -0.05) is 50.6 Å². The van der Waals surface area contributed by atoms with E-state index in [1.807, 2.05) is 38.3 Å². The average Bonchev–Trinajstić information content (AvgIpc) is 3.41. The molecule has 1 saturated heterocycles. The van der Waals surface area contributed by atoms with Crippen molar-refractivity contribution in [3.05, 3.63) is 41.3 Å². The molecule has 4 rings (SSSR count). The van der Waals surface area contributed by atoms with E-state index in [1.165, 1.54) is 11.8 Å². The van der Waals surface area contributed by atoms with Gasteiger partial charge in [-0.2, -0.15) is 0 Å². The van der Waals surface area contributed by atoms with E-state index >= 15 is 0 Å². The molecular weight excluding hydrogens is 518 g/mol. The Kier molecular flexibility index (Phi) is 10.5. The van der Waals surface area contributed by atoms with Gasteiger partial charge in [0.25, 0.3) is 11.1 Å². The highest BCUT2D eigenvalue weighted by atomic mass is 32.2. The molecule has 1 aliphatic carbocycles. The van der Waals surface area contributed by atoms with Gasteiger partial charge >= 0.3 is 0 Å². The Morgan fingerprint density at radius 3 is 2.62 bits per heavy atom. The lowest BCUT2D eigenvalue weighted by Crippen LogP contribution is -2.50. The second-order valence-corrected chi connectivity index (χ2v) is 11.5. The maximum Gasteiger partial charge on any atom is 0.276 e. The number of morpholine rings is 1. The molecule has 2 fully saturated rings. The van der Waals surface area contributed by atoms with Crippen LogP contribution < -0.4 is 10.6 Å². The molecule has 3 atom stereocenters. The zero-order chi connectivity index (χ0) is 27.8. The number of carbonyl (C=O) groups excluding carboxylic acids is 3. The molecule has 2 aromatic rings. The van der Waals surface area contributed by atoms with Crippen molar-refractivity contribution < 1.29 is 23.5 Å². The van der Waals surface area contributed by atoms with Crippen LogP contribution in [0.1, 0.15) is 73.7 Å². The van der Waals surface area contributed by atoms with Crippen LogP contribution in [0.15, 0.2) is 33.9 Å². The molecule has 2 heterocycles. The molecule has 2 N–H and O–H groups in total. The van der Waals surface area contributed by atoms with Crippen molar-refractivity contribution >= 4 is 29.5 Å². The summed E-state index contributed by atoms with van der Waals surface area (Å²) in [6, 6.07) is 7.27. The van der Waals surface area contributed by atoms with E-state index in [4.69, 9.17) is 9.15 Å². The molecule has 39 heavy (non-hydrogen) atoms. The van der Waals surface area contributed by atoms with E-state index in [0.29, 0.717) is 30.0 Å². The van der Waals surface area contributed by atoms with Gasteiger partial charge in [-0.05, 0) is 49.1 Å². The van der Waals surface area contributed by atoms with Crippen LogP contribution in [0.4, 0.5) is 0 Å². The monoisotopic (exact) mass is 557 g/mol. The molecule has 2 aliphatic rings. The number of hydrogen-bond acceptors (Lipinski definition) is 9. The number of thioether (sulfide) groups is 1. The Bertz CT molecular complexity index is 1130. The summed E-state index contributed by atoms with van der Waals surface area (Å²) in [5, 5.41) is 14.1. The van der Waals surface area contributed by atoms with Crippen LogP contribution >= 0.6 is 11.8 Å². The van der Waals surface area contributed by atoms with Crippen molar-refractivity contribution in [1.29, 1.82) is 0 Å². The number of nitrogens with zero attached hydrogens (tertiary/aromatic N) is 3. The van der Waals surface area contributed by atoms with Gasteiger partial charge in [-0.3, -0.25) is 24.6 Å². The number of ether oxygens (including phenoxy) is 1. The van der Waals surface area contributed by atoms with E-state index in [-0.39, 0.29) is 29.7 Å². The van der Waals surface area contributed by atoms with Crippen molar-refractivity contribution in [1.82, 2.24) is 25.7 Å². The smallest absolute Gasteiger partial charge is 0.276 e. The number of carbonyl (C=O) groups is 3. The molecule has 0 radical (unpaired) electrons. The summed E-state index contributed by atoms with van der Waals surface area (Å²) >= 11 is 1.30. The molecule has 3 amide bonds. The van der Waals surface area contributed by atoms with Crippen molar-refractivity contribution in [2.24, 2.45) is 11.8 Å². The molecule has 0 spiro atoms. The quantitative estimate of drug-likeness (QED) is 0.423. The number of nitrogens with one attached hydrogen (secondary N) is 2. The highest BCUT2D eigenvalue weighted by Gasteiger charge is 2.35. The fraction of sp³-hybridized carbons (Fsp3) is 0.607. The topological polar surface area (TPSA) is 127 Å². The van der Waals surface area contributed by atoms with Gasteiger partial charge in [0, 0.05) is 31.2 Å². The Morgan fingerprint density at radius 2 is 1.90 bits per heavy atom. The average molecular weight is 558 g/mol. The minimum Gasteiger partial charge on any atom is -0.415 e. The highest BCUT2D eigenvalue weighted by molar-refractivity contribution is 7.98. The predicted octanol–water partition coefficient (Wildman–Crippen LogP) is 3.39. The first-order valence-corrected chi connectivity index (χ1v) is 15.0. The van der Waals surface area contributed by atoms with E-state index in [9.17, 15) is 14.4 Å². The Balaban J connectivity index is 1.40. The zero-order valence-electron chi connectivity index (χ0n) is 23.0. The lowest BCUT2D eigenvalue weighted by Gasteiger charge is -2.31. The Labute approximate surface area is 234 Å². The van der Waals surface area contributed by atoms with Crippen LogP contribution in [0.25, 0.3) is 0 Å². The van der Waals surface area contributed by atoms with Gasteiger partial charge in [-0.15, -0.1) is 10.2 Å². The number of amides is 3. The molecule has 10 nitrogen and oxygen atoms in total. The van der Waals surface area contributed by atoms with Crippen LogP contribution in [-0.4, -0.2) is 71.4 Å². The number of imide groups is 1. The molecule has 212 valence electrons. The molecule has 1 aromatic carbocycles. The van der Waals surface area contributed by atoms with Crippen molar-refractivity contribution in [3.63, 3.8) is 0 Å². The lowest BCUT2D eigenvalue weighted by molar-refractivity contribution is -0.135. The fourth-order valence-electron chi connectivity index (χ4n) is 5.23. The second-order valence-electron chi connectivity index (χ2n) is 10.7. The normalized spacial score (nSPS) is 20.9. The summed E-state index contributed by atoms with van der Waals surface area (Å²) in [7, 11) is 0. The van der Waals surface area contributed by atoms with Gasteiger partial charge in [-0.25, -0.2) is 0 Å². The summed E-state index contributed by atoms with van der Waals surface area (Å²) in [6.07, 6.45) is 5.35. The van der Waals surface area contributed by atoms with Crippen LogP contribution in [-0.2, 0) is 20.9 Å². The second kappa shape index (κ2) is 14.0. The molecule has 1 aliphatic heterocycles. The fourth-order valence-corrected chi connectivity index (χ4v) is 5.53. The SMILES string of the molecule is CSc1nnc([C@H](CC(C)C)C(=O)NC(=O)[C@@H]2CCCC[C@@H]2NC(=O)c2cccc(CN3CCOCC3)c2)o1. The van der Waals surface area contributed by atoms with E-state index in [0.717, 1.165) is 51.3 Å². The minimum absolute atomic E-state index is 0.182. The number of benzene rings is 1. The number of aromatic nitrogens is 2. The third-order valence-electron chi connectivity index (χ3n) is 7.28. The van der Waals surface area contributed by atoms with Crippen molar-refractivity contribution in [3.8, 4) is 0 Å². The van der Waals surface area contributed by atoms with Gasteiger partial charge in [0.1, 0.15) is 5.92 Å². The summed E-state index contributed by atoms with van der Waals surface area (Å²) < 4.78 is 11.1. The highest BCUT2D eigenvalue weighted by Crippen LogP contribution is 2.28. The standard InChI is InChI=1S/C28H39N5O5S/c1-18(2)15-22(27-31-32-28(38-27)39-3)26(36)30-25(35)21-9-4-5-10-23(21)29-24(34)20-8-6-7-19(16-20)17-33-11-13-37-14-12-33/h6-8,16,18,21-23H,4-5,9-15,17H2,1-3H3,(H,29,34)(H,30,35,36)/t21-,22-,23+/m1/s1. The van der Waals surface area contributed by atoms with Crippen molar-refractivity contribution in [2.75, 3.05) is 32.6 Å². The molecule has 0 bridgehead atoms. The van der Waals surface area contributed by atoms with E-state index in [1.54, 1.807) is 6.07 Å². The number of hydrogen-bond donors (Lipinski definition) is 2. The summed E-state index contributed by atoms with van der Waals surface area (Å²) in [6.45, 7) is 7.94. The van der Waals surface area contributed by atoms with Gasteiger partial charge < -0.3 is 14.5 Å². The van der Waals surface area contributed by atoms with Crippen LogP contribution in [0, 0.1) is 11.8 Å². The summed E-state index contributed by atoms with van der Waals surface area (Å²) in [4.78, 5) is 42.1. The third kappa shape index (κ3) is 8.12. The van der Waals surface area contributed by atoms with E-state index in [2.05, 4.69) is 25.7 Å². The summed E-state index contributed by atoms with van der Waals surface area (Å²) in [5.74, 6) is -1.84. The van der Waals surface area contributed by atoms with Crippen LogP contribution in [0.3, 0.4) is 0 Å². The molecule has 0 unspecified atom stereocenters. The van der Waals surface area contributed by atoms with Gasteiger partial charge in [0.05, 0.1) is 19.1 Å². The largest absolute Gasteiger partial charge is 0.415 e. The molecule has 1 aromatic heterocycles. The first-order chi connectivity index (χ1) is 18.8.